The average molecular weight is 279 g/mol. The number of Topliss-reactive ketones (excluding diaryl/α,β-unsaturated/α-hetero) is 1. The van der Waals surface area contributed by atoms with Crippen LogP contribution in [0.15, 0.2) is 0 Å². The van der Waals surface area contributed by atoms with Crippen LogP contribution in [0.1, 0.15) is 19.3 Å². The lowest BCUT2D eigenvalue weighted by molar-refractivity contribution is -0.153. The fraction of sp³-hybridized carbons (Fsp3) is 0.727. The van der Waals surface area contributed by atoms with Crippen LogP contribution in [0.5, 0.6) is 0 Å². The number of nitrogens with zero attached hydrogens (tertiary/aromatic N) is 1. The molecule has 1 unspecified atom stereocenters. The number of amides is 1. The molecule has 0 aromatic rings. The van der Waals surface area contributed by atoms with Crippen LogP contribution in [-0.4, -0.2) is 58.4 Å². The van der Waals surface area contributed by atoms with Gasteiger partial charge in [0.25, 0.3) is 6.43 Å². The van der Waals surface area contributed by atoms with Crippen molar-refractivity contribution in [3.05, 3.63) is 0 Å². The van der Waals surface area contributed by atoms with Crippen LogP contribution in [0.4, 0.5) is 8.78 Å². The Bertz CT molecular complexity index is 374. The van der Waals surface area contributed by atoms with Crippen molar-refractivity contribution in [2.45, 2.75) is 31.7 Å². The van der Waals surface area contributed by atoms with Gasteiger partial charge in [-0.3, -0.25) is 9.59 Å². The number of hydrogen-bond acceptors (Lipinski definition) is 4. The minimum Gasteiger partial charge on any atom is -0.480 e. The van der Waals surface area contributed by atoms with Crippen molar-refractivity contribution in [2.24, 2.45) is 5.92 Å². The molecule has 19 heavy (non-hydrogen) atoms. The normalized spacial score (nSPS) is 20.6. The predicted octanol–water partition coefficient (Wildman–Crippen LogP) is -0.105. The Morgan fingerprint density at radius 2 is 1.95 bits per heavy atom. The van der Waals surface area contributed by atoms with Crippen LogP contribution >= 0.6 is 0 Å². The van der Waals surface area contributed by atoms with Gasteiger partial charge in [-0.15, -0.1) is 0 Å². The lowest BCUT2D eigenvalue weighted by Crippen LogP contribution is -2.45. The van der Waals surface area contributed by atoms with Crippen molar-refractivity contribution in [1.82, 2.24) is 4.90 Å². The number of hydrogen-bond donors (Lipinski definition) is 2. The van der Waals surface area contributed by atoms with Crippen LogP contribution < -0.4 is 0 Å². The third kappa shape index (κ3) is 3.69. The average Bonchev–Trinajstić information content (AvgIpc) is 2.83. The molecule has 2 N–H and O–H groups in total. The highest BCUT2D eigenvalue weighted by Gasteiger charge is 2.40. The number of aliphatic hydroxyl groups excluding tert-OH is 1. The zero-order valence-electron chi connectivity index (χ0n) is 10.1. The Balaban J connectivity index is 2.81. The molecule has 0 spiro atoms. The third-order valence-electron chi connectivity index (χ3n) is 3.07. The van der Waals surface area contributed by atoms with Gasteiger partial charge in [-0.25, -0.2) is 13.6 Å². The smallest absolute Gasteiger partial charge is 0.326 e. The van der Waals surface area contributed by atoms with Crippen molar-refractivity contribution < 1.29 is 33.4 Å². The highest BCUT2D eigenvalue weighted by Crippen LogP contribution is 2.24. The van der Waals surface area contributed by atoms with E-state index in [-0.39, 0.29) is 13.0 Å². The van der Waals surface area contributed by atoms with Crippen molar-refractivity contribution in [1.29, 1.82) is 0 Å². The molecule has 1 aliphatic rings. The number of halogens is 2. The molecule has 0 saturated carbocycles. The van der Waals surface area contributed by atoms with Crippen LogP contribution in [-0.2, 0) is 14.4 Å². The summed E-state index contributed by atoms with van der Waals surface area (Å²) in [7, 11) is 0. The van der Waals surface area contributed by atoms with Gasteiger partial charge in [0.2, 0.25) is 5.91 Å². The summed E-state index contributed by atoms with van der Waals surface area (Å²) in [5.41, 5.74) is 0. The number of carboxylic acid groups (broad SMARTS) is 1. The molecule has 0 aromatic carbocycles. The van der Waals surface area contributed by atoms with E-state index in [9.17, 15) is 23.2 Å². The van der Waals surface area contributed by atoms with Crippen molar-refractivity contribution >= 4 is 17.7 Å². The first-order valence-electron chi connectivity index (χ1n) is 5.82. The van der Waals surface area contributed by atoms with E-state index in [1.54, 1.807) is 0 Å². The third-order valence-corrected chi connectivity index (χ3v) is 3.07. The van der Waals surface area contributed by atoms with Gasteiger partial charge < -0.3 is 15.1 Å². The largest absolute Gasteiger partial charge is 0.480 e. The van der Waals surface area contributed by atoms with E-state index < -0.39 is 49.1 Å². The van der Waals surface area contributed by atoms with Gasteiger partial charge >= 0.3 is 5.97 Å². The lowest BCUT2D eigenvalue weighted by atomic mass is 10.0. The Morgan fingerprint density at radius 1 is 1.32 bits per heavy atom. The van der Waals surface area contributed by atoms with E-state index in [0.29, 0.717) is 6.42 Å². The number of aliphatic hydroxyl groups is 1. The molecule has 0 radical (unpaired) electrons. The van der Waals surface area contributed by atoms with Crippen molar-refractivity contribution in [3.63, 3.8) is 0 Å². The van der Waals surface area contributed by atoms with E-state index in [2.05, 4.69) is 0 Å². The van der Waals surface area contributed by atoms with Gasteiger partial charge in [0.05, 0.1) is 0 Å². The molecule has 0 aromatic heterocycles. The molecular weight excluding hydrogens is 264 g/mol. The predicted molar refractivity (Wildman–Crippen MR) is 58.6 cm³/mol. The zero-order chi connectivity index (χ0) is 14.6. The van der Waals surface area contributed by atoms with E-state index in [1.807, 2.05) is 0 Å². The summed E-state index contributed by atoms with van der Waals surface area (Å²) < 4.78 is 25.6. The Hall–Kier alpha value is -1.57. The zero-order valence-corrected chi connectivity index (χ0v) is 10.1. The summed E-state index contributed by atoms with van der Waals surface area (Å²) >= 11 is 0. The molecule has 1 rings (SSSR count). The number of likely N-dealkylation sites (tertiary alicyclic amines) is 1. The van der Waals surface area contributed by atoms with E-state index in [4.69, 9.17) is 10.2 Å². The topological polar surface area (TPSA) is 94.9 Å². The fourth-order valence-electron chi connectivity index (χ4n) is 2.09. The van der Waals surface area contributed by atoms with Crippen LogP contribution in [0.3, 0.4) is 0 Å². The summed E-state index contributed by atoms with van der Waals surface area (Å²) in [6.07, 6.45) is -3.22. The standard InChI is InChI=1S/C11H15F2NO5/c12-9(13)7(4-6(16)5-15)10(17)14-3-1-2-8(14)11(18)19/h7-9,15H,1-5H2,(H,18,19)/t7?,8-/m0/s1. The van der Waals surface area contributed by atoms with E-state index >= 15 is 0 Å². The fourth-order valence-corrected chi connectivity index (χ4v) is 2.09. The quantitative estimate of drug-likeness (QED) is 0.707. The molecule has 1 heterocycles. The molecule has 2 atom stereocenters. The van der Waals surface area contributed by atoms with E-state index in [0.717, 1.165) is 4.90 Å². The molecule has 1 saturated heterocycles. The number of aliphatic carboxylic acids is 1. The van der Waals surface area contributed by atoms with Crippen LogP contribution in [0.2, 0.25) is 0 Å². The molecule has 6 nitrogen and oxygen atoms in total. The van der Waals surface area contributed by atoms with Crippen molar-refractivity contribution in [3.8, 4) is 0 Å². The number of ketones is 1. The Kier molecular flexibility index (Phi) is 5.34. The monoisotopic (exact) mass is 279 g/mol. The Morgan fingerprint density at radius 3 is 2.42 bits per heavy atom. The molecular formula is C11H15F2NO5. The summed E-state index contributed by atoms with van der Waals surface area (Å²) in [5, 5.41) is 17.4. The van der Waals surface area contributed by atoms with Gasteiger partial charge in [-0.2, -0.15) is 0 Å². The number of carboxylic acids is 1. The van der Waals surface area contributed by atoms with Crippen LogP contribution in [0.25, 0.3) is 0 Å². The van der Waals surface area contributed by atoms with E-state index in [1.165, 1.54) is 0 Å². The summed E-state index contributed by atoms with van der Waals surface area (Å²) in [5.74, 6) is -5.04. The Labute approximate surface area is 108 Å². The molecule has 108 valence electrons. The highest BCUT2D eigenvalue weighted by atomic mass is 19.3. The highest BCUT2D eigenvalue weighted by molar-refractivity contribution is 5.90. The number of alkyl halides is 2. The molecule has 0 aliphatic carbocycles. The van der Waals surface area contributed by atoms with Crippen molar-refractivity contribution in [2.75, 3.05) is 13.2 Å². The molecule has 0 bridgehead atoms. The van der Waals surface area contributed by atoms with Gasteiger partial charge in [0.15, 0.2) is 5.78 Å². The second-order valence-electron chi connectivity index (χ2n) is 4.37. The second-order valence-corrected chi connectivity index (χ2v) is 4.37. The molecule has 1 fully saturated rings. The summed E-state index contributed by atoms with van der Waals surface area (Å²) in [6.45, 7) is -0.828. The number of carbonyl (C=O) groups is 3. The molecule has 1 amide bonds. The van der Waals surface area contributed by atoms with Gasteiger partial charge in [0, 0.05) is 13.0 Å². The second kappa shape index (κ2) is 6.55. The minimum absolute atomic E-state index is 0.0896. The number of rotatable bonds is 6. The summed E-state index contributed by atoms with van der Waals surface area (Å²) in [6, 6.07) is -1.11. The number of carbonyl (C=O) groups excluding carboxylic acids is 2. The van der Waals surface area contributed by atoms with Gasteiger partial charge in [-0.1, -0.05) is 0 Å². The van der Waals surface area contributed by atoms with Gasteiger partial charge in [-0.05, 0) is 12.8 Å². The summed E-state index contributed by atoms with van der Waals surface area (Å²) in [4.78, 5) is 34.7. The minimum atomic E-state index is -3.07. The first kappa shape index (κ1) is 15.5. The maximum absolute atomic E-state index is 12.8. The maximum atomic E-state index is 12.8. The first-order chi connectivity index (χ1) is 8.88. The molecule has 1 aliphatic heterocycles. The first-order valence-corrected chi connectivity index (χ1v) is 5.82. The lowest BCUT2D eigenvalue weighted by Gasteiger charge is -2.26. The van der Waals surface area contributed by atoms with Crippen LogP contribution in [0, 0.1) is 5.92 Å². The maximum Gasteiger partial charge on any atom is 0.326 e. The molecule has 8 heteroatoms. The van der Waals surface area contributed by atoms with Gasteiger partial charge in [0.1, 0.15) is 18.6 Å². The SMILES string of the molecule is O=C(CO)CC(C(=O)N1CCC[C@H]1C(=O)O)C(F)F.